The Hall–Kier alpha value is -1.35. The van der Waals surface area contributed by atoms with E-state index in [0.29, 0.717) is 10.6 Å². The Morgan fingerprint density at radius 1 is 1.38 bits per heavy atom. The number of hydrogen-bond acceptors (Lipinski definition) is 2. The van der Waals surface area contributed by atoms with Crippen LogP contribution in [0.2, 0.25) is 5.02 Å². The van der Waals surface area contributed by atoms with Crippen LogP contribution in [0.15, 0.2) is 29.3 Å². The molecule has 0 saturated heterocycles. The SMILES string of the molecule is CC(C)N=CC(C(=O)O)c1ccc(Cl)cc1. The lowest BCUT2D eigenvalue weighted by atomic mass is 10.0. The molecule has 0 fully saturated rings. The van der Waals surface area contributed by atoms with Crippen LogP contribution in [0.5, 0.6) is 0 Å². The Morgan fingerprint density at radius 2 is 1.94 bits per heavy atom. The fourth-order valence-corrected chi connectivity index (χ4v) is 1.35. The largest absolute Gasteiger partial charge is 0.481 e. The lowest BCUT2D eigenvalue weighted by Gasteiger charge is -2.08. The third-order valence-corrected chi connectivity index (χ3v) is 2.28. The highest BCUT2D eigenvalue weighted by Gasteiger charge is 2.17. The van der Waals surface area contributed by atoms with E-state index in [4.69, 9.17) is 16.7 Å². The van der Waals surface area contributed by atoms with Crippen LogP contribution in [0.4, 0.5) is 0 Å². The number of rotatable bonds is 4. The molecule has 0 amide bonds. The van der Waals surface area contributed by atoms with Gasteiger partial charge in [-0.1, -0.05) is 23.7 Å². The van der Waals surface area contributed by atoms with Crippen molar-refractivity contribution in [1.29, 1.82) is 0 Å². The Bertz CT molecular complexity index is 385. The number of carboxylic acids is 1. The van der Waals surface area contributed by atoms with Crippen LogP contribution in [-0.4, -0.2) is 23.3 Å². The van der Waals surface area contributed by atoms with Gasteiger partial charge in [-0.3, -0.25) is 9.79 Å². The molecule has 0 aliphatic rings. The highest BCUT2D eigenvalue weighted by molar-refractivity contribution is 6.30. The quantitative estimate of drug-likeness (QED) is 0.822. The van der Waals surface area contributed by atoms with Crippen molar-refractivity contribution in [2.45, 2.75) is 25.8 Å². The zero-order valence-electron chi connectivity index (χ0n) is 9.22. The van der Waals surface area contributed by atoms with Gasteiger partial charge in [0.2, 0.25) is 0 Å². The van der Waals surface area contributed by atoms with Crippen LogP contribution >= 0.6 is 11.6 Å². The van der Waals surface area contributed by atoms with Gasteiger partial charge in [0.1, 0.15) is 5.92 Å². The van der Waals surface area contributed by atoms with Crippen LogP contribution in [0, 0.1) is 0 Å². The fraction of sp³-hybridized carbons (Fsp3) is 0.333. The van der Waals surface area contributed by atoms with Gasteiger partial charge in [0.05, 0.1) is 0 Å². The highest BCUT2D eigenvalue weighted by Crippen LogP contribution is 2.17. The lowest BCUT2D eigenvalue weighted by Crippen LogP contribution is -2.13. The third-order valence-electron chi connectivity index (χ3n) is 2.03. The molecule has 1 atom stereocenters. The minimum Gasteiger partial charge on any atom is -0.481 e. The second kappa shape index (κ2) is 5.66. The molecule has 0 saturated carbocycles. The van der Waals surface area contributed by atoms with Gasteiger partial charge in [0.25, 0.3) is 0 Å². The second-order valence-corrected chi connectivity index (χ2v) is 4.20. The summed E-state index contributed by atoms with van der Waals surface area (Å²) in [4.78, 5) is 15.2. The zero-order chi connectivity index (χ0) is 12.1. The van der Waals surface area contributed by atoms with Crippen molar-refractivity contribution in [2.24, 2.45) is 4.99 Å². The van der Waals surface area contributed by atoms with Crippen LogP contribution in [0.25, 0.3) is 0 Å². The van der Waals surface area contributed by atoms with Gasteiger partial charge < -0.3 is 5.11 Å². The molecule has 16 heavy (non-hydrogen) atoms. The van der Waals surface area contributed by atoms with Gasteiger partial charge in [-0.05, 0) is 31.5 Å². The van der Waals surface area contributed by atoms with Crippen molar-refractivity contribution in [2.75, 3.05) is 0 Å². The maximum Gasteiger partial charge on any atom is 0.316 e. The number of carbonyl (C=O) groups is 1. The Labute approximate surface area is 99.8 Å². The van der Waals surface area contributed by atoms with Gasteiger partial charge >= 0.3 is 5.97 Å². The molecule has 0 aliphatic heterocycles. The van der Waals surface area contributed by atoms with E-state index < -0.39 is 11.9 Å². The summed E-state index contributed by atoms with van der Waals surface area (Å²) in [5.41, 5.74) is 0.682. The predicted octanol–water partition coefficient (Wildman–Crippen LogP) is 2.99. The van der Waals surface area contributed by atoms with E-state index >= 15 is 0 Å². The number of aliphatic imine (C=N–C) groups is 1. The first-order valence-electron chi connectivity index (χ1n) is 5.02. The molecule has 1 rings (SSSR count). The van der Waals surface area contributed by atoms with Gasteiger partial charge in [-0.15, -0.1) is 0 Å². The maximum absolute atomic E-state index is 11.1. The number of aliphatic carboxylic acids is 1. The molecular weight excluding hydrogens is 226 g/mol. The van der Waals surface area contributed by atoms with E-state index in [1.165, 1.54) is 6.21 Å². The first kappa shape index (κ1) is 12.7. The molecule has 1 N–H and O–H groups in total. The molecule has 0 aliphatic carbocycles. The number of halogens is 1. The van der Waals surface area contributed by atoms with E-state index in [1.807, 2.05) is 13.8 Å². The summed E-state index contributed by atoms with van der Waals surface area (Å²) in [5.74, 6) is -1.62. The van der Waals surface area contributed by atoms with Gasteiger partial charge in [-0.2, -0.15) is 0 Å². The summed E-state index contributed by atoms with van der Waals surface area (Å²) in [5, 5.41) is 9.68. The van der Waals surface area contributed by atoms with Crippen molar-refractivity contribution in [3.8, 4) is 0 Å². The number of carboxylic acid groups (broad SMARTS) is 1. The topological polar surface area (TPSA) is 49.7 Å². The smallest absolute Gasteiger partial charge is 0.316 e. The average Bonchev–Trinajstić information content (AvgIpc) is 2.20. The predicted molar refractivity (Wildman–Crippen MR) is 65.5 cm³/mol. The maximum atomic E-state index is 11.1. The van der Waals surface area contributed by atoms with Crippen molar-refractivity contribution < 1.29 is 9.90 Å². The van der Waals surface area contributed by atoms with E-state index in [9.17, 15) is 4.79 Å². The van der Waals surface area contributed by atoms with Gasteiger partial charge in [-0.25, -0.2) is 0 Å². The molecule has 86 valence electrons. The summed E-state index contributed by atoms with van der Waals surface area (Å²) in [7, 11) is 0. The van der Waals surface area contributed by atoms with Crippen LogP contribution in [0.1, 0.15) is 25.3 Å². The molecule has 1 aromatic rings. The Kier molecular flexibility index (Phi) is 4.50. The molecule has 0 bridgehead atoms. The first-order valence-corrected chi connectivity index (χ1v) is 5.40. The summed E-state index contributed by atoms with van der Waals surface area (Å²) >= 11 is 5.74. The normalized spacial score (nSPS) is 13.2. The first-order chi connectivity index (χ1) is 7.50. The average molecular weight is 240 g/mol. The molecule has 0 spiro atoms. The lowest BCUT2D eigenvalue weighted by molar-refractivity contribution is -0.136. The van der Waals surface area contributed by atoms with Crippen LogP contribution in [0.3, 0.4) is 0 Å². The van der Waals surface area contributed by atoms with Gasteiger partial charge in [0, 0.05) is 17.3 Å². The third kappa shape index (κ3) is 3.66. The minimum atomic E-state index is -0.910. The van der Waals surface area contributed by atoms with Gasteiger partial charge in [0.15, 0.2) is 0 Å². The highest BCUT2D eigenvalue weighted by atomic mass is 35.5. The fourth-order valence-electron chi connectivity index (χ4n) is 1.22. The monoisotopic (exact) mass is 239 g/mol. The summed E-state index contributed by atoms with van der Waals surface area (Å²) in [6, 6.07) is 6.85. The van der Waals surface area contributed by atoms with E-state index in [2.05, 4.69) is 4.99 Å². The van der Waals surface area contributed by atoms with E-state index in [-0.39, 0.29) is 6.04 Å². The summed E-state index contributed by atoms with van der Waals surface area (Å²) in [6.07, 6.45) is 1.47. The number of nitrogens with zero attached hydrogens (tertiary/aromatic N) is 1. The van der Waals surface area contributed by atoms with E-state index in [1.54, 1.807) is 24.3 Å². The van der Waals surface area contributed by atoms with Crippen molar-refractivity contribution in [3.05, 3.63) is 34.9 Å². The van der Waals surface area contributed by atoms with E-state index in [0.717, 1.165) is 0 Å². The molecule has 1 unspecified atom stereocenters. The Morgan fingerprint density at radius 3 is 2.38 bits per heavy atom. The molecule has 1 aromatic carbocycles. The number of benzene rings is 1. The van der Waals surface area contributed by atoms with Crippen LogP contribution in [-0.2, 0) is 4.79 Å². The molecule has 4 heteroatoms. The summed E-state index contributed by atoms with van der Waals surface area (Å²) < 4.78 is 0. The summed E-state index contributed by atoms with van der Waals surface area (Å²) in [6.45, 7) is 3.80. The standard InChI is InChI=1S/C12H14ClNO2/c1-8(2)14-7-11(12(15)16)9-3-5-10(13)6-4-9/h3-8,11H,1-2H3,(H,15,16). The Balaban J connectivity index is 2.94. The molecule has 0 heterocycles. The molecule has 3 nitrogen and oxygen atoms in total. The van der Waals surface area contributed by atoms with Crippen LogP contribution < -0.4 is 0 Å². The molecule has 0 aromatic heterocycles. The minimum absolute atomic E-state index is 0.0918. The number of hydrogen-bond donors (Lipinski definition) is 1. The van der Waals surface area contributed by atoms with Crippen molar-refractivity contribution in [3.63, 3.8) is 0 Å². The van der Waals surface area contributed by atoms with Crippen molar-refractivity contribution >= 4 is 23.8 Å². The zero-order valence-corrected chi connectivity index (χ0v) is 9.98. The van der Waals surface area contributed by atoms with Crippen molar-refractivity contribution in [1.82, 2.24) is 0 Å². The molecule has 0 radical (unpaired) electrons. The second-order valence-electron chi connectivity index (χ2n) is 3.76. The molecular formula is C12H14ClNO2.